The normalized spacial score (nSPS) is 11.2. The summed E-state index contributed by atoms with van der Waals surface area (Å²) in [4.78, 5) is 25.9. The van der Waals surface area contributed by atoms with E-state index in [4.69, 9.17) is 5.11 Å². The predicted octanol–water partition coefficient (Wildman–Crippen LogP) is 1.67. The van der Waals surface area contributed by atoms with E-state index in [0.29, 0.717) is 16.4 Å². The third kappa shape index (κ3) is 3.47. The van der Waals surface area contributed by atoms with E-state index in [-0.39, 0.29) is 12.3 Å². The molecule has 2 N–H and O–H groups in total. The average molecular weight is 240 g/mol. The van der Waals surface area contributed by atoms with Gasteiger partial charge >= 0.3 is 5.97 Å². The minimum absolute atomic E-state index is 0.130. The minimum atomic E-state index is -0.937. The molecule has 86 valence electrons. The van der Waals surface area contributed by atoms with Crippen molar-refractivity contribution in [2.45, 2.75) is 20.3 Å². The van der Waals surface area contributed by atoms with Crippen molar-refractivity contribution in [3.63, 3.8) is 0 Å². The minimum Gasteiger partial charge on any atom is -0.481 e. The van der Waals surface area contributed by atoms with Crippen LogP contribution in [0, 0.1) is 0 Å². The molecule has 1 aromatic rings. The van der Waals surface area contributed by atoms with Crippen molar-refractivity contribution < 1.29 is 14.7 Å². The Bertz CT molecular complexity index is 437. The lowest BCUT2D eigenvalue weighted by Gasteiger charge is -1.99. The molecule has 1 aromatic heterocycles. The number of nitrogens with one attached hydrogen (secondary N) is 1. The van der Waals surface area contributed by atoms with Gasteiger partial charge in [0, 0.05) is 11.0 Å². The Labute approximate surface area is 96.8 Å². The maximum absolute atomic E-state index is 11.4. The first kappa shape index (κ1) is 12.4. The van der Waals surface area contributed by atoms with Crippen molar-refractivity contribution in [2.75, 3.05) is 5.32 Å². The second-order valence-electron chi connectivity index (χ2n) is 3.14. The van der Waals surface area contributed by atoms with Crippen LogP contribution in [0.5, 0.6) is 0 Å². The van der Waals surface area contributed by atoms with Gasteiger partial charge < -0.3 is 5.11 Å². The molecule has 0 aliphatic carbocycles. The second kappa shape index (κ2) is 5.41. The summed E-state index contributed by atoms with van der Waals surface area (Å²) in [7, 11) is 0. The largest absolute Gasteiger partial charge is 0.481 e. The number of amides is 1. The Morgan fingerprint density at radius 1 is 1.62 bits per heavy atom. The van der Waals surface area contributed by atoms with Gasteiger partial charge in [-0.05, 0) is 13.8 Å². The van der Waals surface area contributed by atoms with Crippen LogP contribution in [0.25, 0.3) is 0 Å². The van der Waals surface area contributed by atoms with E-state index in [9.17, 15) is 9.59 Å². The van der Waals surface area contributed by atoms with Crippen molar-refractivity contribution in [3.05, 3.63) is 22.7 Å². The quantitative estimate of drug-likeness (QED) is 0.785. The summed E-state index contributed by atoms with van der Waals surface area (Å²) in [5.74, 6) is -1.16. The monoisotopic (exact) mass is 240 g/mol. The van der Waals surface area contributed by atoms with E-state index < -0.39 is 5.97 Å². The van der Waals surface area contributed by atoms with E-state index in [1.165, 1.54) is 11.3 Å². The Hall–Kier alpha value is -1.69. The summed E-state index contributed by atoms with van der Waals surface area (Å²) in [5, 5.41) is 13.2. The van der Waals surface area contributed by atoms with Gasteiger partial charge in [-0.2, -0.15) is 0 Å². The summed E-state index contributed by atoms with van der Waals surface area (Å²) < 4.78 is 0. The number of thiazole rings is 1. The summed E-state index contributed by atoms with van der Waals surface area (Å²) in [6.45, 7) is 3.47. The first-order valence-electron chi connectivity index (χ1n) is 4.63. The van der Waals surface area contributed by atoms with Gasteiger partial charge in [0.15, 0.2) is 5.13 Å². The highest BCUT2D eigenvalue weighted by Gasteiger charge is 2.09. The molecule has 5 nitrogen and oxygen atoms in total. The fourth-order valence-corrected chi connectivity index (χ4v) is 1.63. The van der Waals surface area contributed by atoms with Crippen molar-refractivity contribution >= 4 is 28.3 Å². The van der Waals surface area contributed by atoms with Gasteiger partial charge in [0.05, 0.1) is 12.1 Å². The molecule has 0 unspecified atom stereocenters. The standard InChI is InChI=1S/C10H12N2O3S/c1-3-6(2)9(15)12-10-11-7(5-16-10)4-8(13)14/h3,5H,4H2,1-2H3,(H,13,14)(H,11,12,15)/b6-3-. The molecule has 1 amide bonds. The number of carboxylic acids is 1. The summed E-state index contributed by atoms with van der Waals surface area (Å²) in [6.07, 6.45) is 1.57. The Morgan fingerprint density at radius 2 is 2.31 bits per heavy atom. The highest BCUT2D eigenvalue weighted by atomic mass is 32.1. The Kier molecular flexibility index (Phi) is 4.19. The molecular weight excluding hydrogens is 228 g/mol. The van der Waals surface area contributed by atoms with Crippen molar-refractivity contribution in [1.29, 1.82) is 0 Å². The van der Waals surface area contributed by atoms with E-state index in [0.717, 1.165) is 0 Å². The fraction of sp³-hybridized carbons (Fsp3) is 0.300. The SMILES string of the molecule is C/C=C(/C)C(=O)Nc1nc(CC(=O)O)cs1. The van der Waals surface area contributed by atoms with Crippen LogP contribution in [0.15, 0.2) is 17.0 Å². The van der Waals surface area contributed by atoms with Crippen molar-refractivity contribution in [1.82, 2.24) is 4.98 Å². The van der Waals surface area contributed by atoms with Gasteiger partial charge in [-0.3, -0.25) is 14.9 Å². The van der Waals surface area contributed by atoms with E-state index in [1.54, 1.807) is 25.3 Å². The number of carbonyl (C=O) groups is 2. The van der Waals surface area contributed by atoms with Crippen LogP contribution in [0.1, 0.15) is 19.5 Å². The van der Waals surface area contributed by atoms with Crippen LogP contribution in [-0.2, 0) is 16.0 Å². The molecule has 16 heavy (non-hydrogen) atoms. The van der Waals surface area contributed by atoms with Gasteiger partial charge in [-0.25, -0.2) is 4.98 Å². The number of rotatable bonds is 4. The third-order valence-corrected chi connectivity index (χ3v) is 2.70. The molecule has 0 aliphatic rings. The van der Waals surface area contributed by atoms with Gasteiger partial charge in [-0.1, -0.05) is 6.08 Å². The Morgan fingerprint density at radius 3 is 2.88 bits per heavy atom. The molecular formula is C10H12N2O3S. The number of nitrogens with zero attached hydrogens (tertiary/aromatic N) is 1. The first-order chi connectivity index (χ1) is 7.52. The van der Waals surface area contributed by atoms with Crippen molar-refractivity contribution in [3.8, 4) is 0 Å². The summed E-state index contributed by atoms with van der Waals surface area (Å²) in [5.41, 5.74) is 1.04. The number of anilines is 1. The van der Waals surface area contributed by atoms with Gasteiger partial charge in [0.25, 0.3) is 5.91 Å². The number of allylic oxidation sites excluding steroid dienone is 1. The lowest BCUT2D eigenvalue weighted by Crippen LogP contribution is -2.12. The fourth-order valence-electron chi connectivity index (χ4n) is 0.927. The highest BCUT2D eigenvalue weighted by Crippen LogP contribution is 2.16. The summed E-state index contributed by atoms with van der Waals surface area (Å²) >= 11 is 1.21. The lowest BCUT2D eigenvalue weighted by molar-refractivity contribution is -0.136. The maximum Gasteiger partial charge on any atom is 0.309 e. The van der Waals surface area contributed by atoms with Crippen molar-refractivity contribution in [2.24, 2.45) is 0 Å². The molecule has 0 radical (unpaired) electrons. The van der Waals surface area contributed by atoms with Crippen LogP contribution in [-0.4, -0.2) is 22.0 Å². The van der Waals surface area contributed by atoms with E-state index >= 15 is 0 Å². The zero-order valence-corrected chi connectivity index (χ0v) is 9.80. The molecule has 6 heteroatoms. The molecule has 0 saturated heterocycles. The van der Waals surface area contributed by atoms with Crippen LogP contribution in [0.3, 0.4) is 0 Å². The molecule has 0 spiro atoms. The number of hydrogen-bond acceptors (Lipinski definition) is 4. The van der Waals surface area contributed by atoms with E-state index in [1.807, 2.05) is 0 Å². The molecule has 1 heterocycles. The van der Waals surface area contributed by atoms with Crippen LogP contribution < -0.4 is 5.32 Å². The first-order valence-corrected chi connectivity index (χ1v) is 5.51. The predicted molar refractivity (Wildman–Crippen MR) is 61.5 cm³/mol. The maximum atomic E-state index is 11.4. The van der Waals surface area contributed by atoms with Gasteiger partial charge in [0.1, 0.15) is 0 Å². The van der Waals surface area contributed by atoms with E-state index in [2.05, 4.69) is 10.3 Å². The Balaban J connectivity index is 2.65. The number of hydrogen-bond donors (Lipinski definition) is 2. The molecule has 0 aliphatic heterocycles. The topological polar surface area (TPSA) is 79.3 Å². The zero-order valence-electron chi connectivity index (χ0n) is 8.98. The van der Waals surface area contributed by atoms with Gasteiger partial charge in [0.2, 0.25) is 0 Å². The number of aliphatic carboxylic acids is 1. The summed E-state index contributed by atoms with van der Waals surface area (Å²) in [6, 6.07) is 0. The zero-order chi connectivity index (χ0) is 12.1. The molecule has 0 saturated carbocycles. The number of carbonyl (C=O) groups excluding carboxylic acids is 1. The molecule has 1 rings (SSSR count). The van der Waals surface area contributed by atoms with Gasteiger partial charge in [-0.15, -0.1) is 11.3 Å². The molecule has 0 bridgehead atoms. The van der Waals surface area contributed by atoms with Crippen LogP contribution in [0.4, 0.5) is 5.13 Å². The molecule has 0 fully saturated rings. The lowest BCUT2D eigenvalue weighted by atomic mass is 10.3. The third-order valence-electron chi connectivity index (χ3n) is 1.90. The second-order valence-corrected chi connectivity index (χ2v) is 4.00. The highest BCUT2D eigenvalue weighted by molar-refractivity contribution is 7.14. The van der Waals surface area contributed by atoms with Crippen LogP contribution in [0.2, 0.25) is 0 Å². The number of carboxylic acid groups (broad SMARTS) is 1. The van der Waals surface area contributed by atoms with Crippen LogP contribution >= 0.6 is 11.3 Å². The number of aromatic nitrogens is 1. The average Bonchev–Trinajstić information content (AvgIpc) is 2.63. The smallest absolute Gasteiger partial charge is 0.309 e. The molecule has 0 atom stereocenters. The molecule has 0 aromatic carbocycles.